The lowest BCUT2D eigenvalue weighted by molar-refractivity contribution is 0.560. The molecule has 17 heavy (non-hydrogen) atoms. The van der Waals surface area contributed by atoms with Crippen molar-refractivity contribution in [1.82, 2.24) is 9.97 Å². The minimum Gasteiger partial charge on any atom is -0.335 e. The van der Waals surface area contributed by atoms with Crippen LogP contribution in [0.5, 0.6) is 0 Å². The number of rotatable bonds is 2. The Hall–Kier alpha value is -2.42. The number of fused-ring (bicyclic) bond motifs is 1. The van der Waals surface area contributed by atoms with Gasteiger partial charge in [-0.25, -0.2) is 4.98 Å². The normalized spacial score (nSPS) is 10.6. The van der Waals surface area contributed by atoms with Crippen molar-refractivity contribution >= 4 is 17.3 Å². The van der Waals surface area contributed by atoms with E-state index in [2.05, 4.69) is 9.97 Å². The first-order valence-electron chi connectivity index (χ1n) is 5.31. The number of nitrogens with one attached hydrogen (secondary N) is 1. The van der Waals surface area contributed by atoms with Gasteiger partial charge in [0.2, 0.25) is 0 Å². The van der Waals surface area contributed by atoms with Gasteiger partial charge in [0.15, 0.2) is 5.82 Å². The summed E-state index contributed by atoms with van der Waals surface area (Å²) in [6.07, 6.45) is 1.78. The smallest absolute Gasteiger partial charge is 0.271 e. The van der Waals surface area contributed by atoms with E-state index in [1.807, 2.05) is 48.5 Å². The fourth-order valence-electron chi connectivity index (χ4n) is 1.93. The quantitative estimate of drug-likeness (QED) is 0.723. The molecule has 81 valence electrons. The molecule has 0 aliphatic rings. The van der Waals surface area contributed by atoms with Crippen molar-refractivity contribution in [1.29, 1.82) is 0 Å². The molecule has 1 N–H and O–H groups in total. The monoisotopic (exact) mass is 221 g/mol. The fourth-order valence-corrected chi connectivity index (χ4v) is 1.93. The van der Waals surface area contributed by atoms with Gasteiger partial charge in [0.05, 0.1) is 11.0 Å². The van der Waals surface area contributed by atoms with E-state index in [1.54, 1.807) is 6.29 Å². The molecule has 1 radical (unpaired) electrons. The molecule has 0 saturated heterocycles. The van der Waals surface area contributed by atoms with Crippen LogP contribution in [0.4, 0.5) is 0 Å². The van der Waals surface area contributed by atoms with Crippen molar-refractivity contribution in [3.63, 3.8) is 0 Å². The van der Waals surface area contributed by atoms with Gasteiger partial charge in [0, 0.05) is 5.56 Å². The van der Waals surface area contributed by atoms with Gasteiger partial charge in [-0.15, -0.1) is 0 Å². The van der Waals surface area contributed by atoms with Crippen LogP contribution in [0.3, 0.4) is 0 Å². The van der Waals surface area contributed by atoms with E-state index in [0.29, 0.717) is 0 Å². The predicted molar refractivity (Wildman–Crippen MR) is 66.3 cm³/mol. The average Bonchev–Trinajstić information content (AvgIpc) is 2.82. The summed E-state index contributed by atoms with van der Waals surface area (Å²) in [5.41, 5.74) is 3.75. The second-order valence-corrected chi connectivity index (χ2v) is 3.76. The summed E-state index contributed by atoms with van der Waals surface area (Å²) in [5, 5.41) is 0. The summed E-state index contributed by atoms with van der Waals surface area (Å²) in [6, 6.07) is 15.8. The zero-order valence-electron chi connectivity index (χ0n) is 8.97. The SMILES string of the molecule is O=[C]c1nc2c(-c3ccccc3)cccc2[nH]1. The van der Waals surface area contributed by atoms with Crippen molar-refractivity contribution in [3.8, 4) is 11.1 Å². The average molecular weight is 221 g/mol. The van der Waals surface area contributed by atoms with E-state index in [-0.39, 0.29) is 5.82 Å². The number of aromatic nitrogens is 2. The highest BCUT2D eigenvalue weighted by molar-refractivity contribution is 5.94. The summed E-state index contributed by atoms with van der Waals surface area (Å²) in [7, 11) is 0. The van der Waals surface area contributed by atoms with Gasteiger partial charge in [-0.3, -0.25) is 4.79 Å². The van der Waals surface area contributed by atoms with E-state index >= 15 is 0 Å². The van der Waals surface area contributed by atoms with Gasteiger partial charge >= 0.3 is 0 Å². The molecule has 1 heterocycles. The van der Waals surface area contributed by atoms with Crippen LogP contribution in [0.1, 0.15) is 5.82 Å². The molecule has 0 aliphatic heterocycles. The predicted octanol–water partition coefficient (Wildman–Crippen LogP) is 2.69. The fraction of sp³-hybridized carbons (Fsp3) is 0. The molecule has 1 aromatic heterocycles. The van der Waals surface area contributed by atoms with Gasteiger partial charge < -0.3 is 4.98 Å². The van der Waals surface area contributed by atoms with E-state index in [4.69, 9.17) is 0 Å². The molecule has 0 amide bonds. The highest BCUT2D eigenvalue weighted by Crippen LogP contribution is 2.26. The number of para-hydroxylation sites is 1. The van der Waals surface area contributed by atoms with Crippen molar-refractivity contribution in [3.05, 3.63) is 54.4 Å². The Bertz CT molecular complexity index is 671. The van der Waals surface area contributed by atoms with Crippen molar-refractivity contribution < 1.29 is 4.79 Å². The van der Waals surface area contributed by atoms with Crippen molar-refractivity contribution in [2.45, 2.75) is 0 Å². The highest BCUT2D eigenvalue weighted by Gasteiger charge is 2.08. The molecular weight excluding hydrogens is 212 g/mol. The maximum atomic E-state index is 10.6. The third-order valence-corrected chi connectivity index (χ3v) is 2.69. The summed E-state index contributed by atoms with van der Waals surface area (Å²) in [5.74, 6) is 0.239. The Kier molecular flexibility index (Phi) is 2.22. The van der Waals surface area contributed by atoms with Gasteiger partial charge in [0.25, 0.3) is 6.29 Å². The van der Waals surface area contributed by atoms with Crippen LogP contribution < -0.4 is 0 Å². The van der Waals surface area contributed by atoms with E-state index < -0.39 is 0 Å². The topological polar surface area (TPSA) is 45.8 Å². The standard InChI is InChI=1S/C14H9N2O/c17-9-13-15-12-8-4-7-11(14(12)16-13)10-5-2-1-3-6-10/h1-8H,(H,15,16). The number of hydrogen-bond acceptors (Lipinski definition) is 2. The zero-order valence-corrected chi connectivity index (χ0v) is 8.97. The third-order valence-electron chi connectivity index (χ3n) is 2.69. The maximum absolute atomic E-state index is 10.6. The Labute approximate surface area is 98.1 Å². The molecule has 0 aliphatic carbocycles. The summed E-state index contributed by atoms with van der Waals surface area (Å²) >= 11 is 0. The van der Waals surface area contributed by atoms with Crippen molar-refractivity contribution in [2.24, 2.45) is 0 Å². The first-order chi connectivity index (χ1) is 8.38. The second-order valence-electron chi connectivity index (χ2n) is 3.76. The van der Waals surface area contributed by atoms with E-state index in [0.717, 1.165) is 22.2 Å². The van der Waals surface area contributed by atoms with Crippen molar-refractivity contribution in [2.75, 3.05) is 0 Å². The number of H-pyrrole nitrogens is 1. The van der Waals surface area contributed by atoms with Crippen LogP contribution >= 0.6 is 0 Å². The first kappa shape index (κ1) is 9.78. The van der Waals surface area contributed by atoms with Gasteiger partial charge in [0.1, 0.15) is 0 Å². The lowest BCUT2D eigenvalue weighted by Crippen LogP contribution is -1.81. The number of imidazole rings is 1. The molecular formula is C14H9N2O. The number of aromatic amines is 1. The number of benzene rings is 2. The summed E-state index contributed by atoms with van der Waals surface area (Å²) < 4.78 is 0. The minimum atomic E-state index is 0.239. The molecule has 0 bridgehead atoms. The Morgan fingerprint density at radius 3 is 2.59 bits per heavy atom. The minimum absolute atomic E-state index is 0.239. The molecule has 3 rings (SSSR count). The number of nitrogens with zero attached hydrogens (tertiary/aromatic N) is 1. The Morgan fingerprint density at radius 1 is 1.00 bits per heavy atom. The molecule has 0 unspecified atom stereocenters. The van der Waals surface area contributed by atoms with Gasteiger partial charge in [-0.2, -0.15) is 0 Å². The molecule has 3 nitrogen and oxygen atoms in total. The van der Waals surface area contributed by atoms with E-state index in [1.165, 1.54) is 0 Å². The third kappa shape index (κ3) is 1.61. The lowest BCUT2D eigenvalue weighted by atomic mass is 10.0. The van der Waals surface area contributed by atoms with Crippen LogP contribution in [-0.2, 0) is 4.79 Å². The lowest BCUT2D eigenvalue weighted by Gasteiger charge is -2.01. The van der Waals surface area contributed by atoms with Crippen LogP contribution in [0, 0.1) is 0 Å². The summed E-state index contributed by atoms with van der Waals surface area (Å²) in [4.78, 5) is 17.8. The molecule has 0 atom stereocenters. The van der Waals surface area contributed by atoms with Crippen LogP contribution in [0.2, 0.25) is 0 Å². The molecule has 0 spiro atoms. The molecule has 0 fully saturated rings. The first-order valence-corrected chi connectivity index (χ1v) is 5.31. The summed E-state index contributed by atoms with van der Waals surface area (Å²) in [6.45, 7) is 0. The highest BCUT2D eigenvalue weighted by atomic mass is 16.1. The molecule has 2 aromatic carbocycles. The Balaban J connectivity index is 2.29. The van der Waals surface area contributed by atoms with Crippen LogP contribution in [-0.4, -0.2) is 16.3 Å². The molecule has 3 heteroatoms. The van der Waals surface area contributed by atoms with Crippen LogP contribution in [0.15, 0.2) is 48.5 Å². The molecule has 3 aromatic rings. The Morgan fingerprint density at radius 2 is 1.82 bits per heavy atom. The number of hydrogen-bond donors (Lipinski definition) is 1. The number of carbonyl (C=O) groups excluding carboxylic acids is 1. The van der Waals surface area contributed by atoms with Crippen LogP contribution in [0.25, 0.3) is 22.2 Å². The zero-order chi connectivity index (χ0) is 11.7. The largest absolute Gasteiger partial charge is 0.335 e. The van der Waals surface area contributed by atoms with E-state index in [9.17, 15) is 4.79 Å². The maximum Gasteiger partial charge on any atom is 0.271 e. The van der Waals surface area contributed by atoms with Gasteiger partial charge in [-0.05, 0) is 11.6 Å². The second kappa shape index (κ2) is 3.87. The van der Waals surface area contributed by atoms with Gasteiger partial charge in [-0.1, -0.05) is 42.5 Å². The molecule has 0 saturated carbocycles.